The van der Waals surface area contributed by atoms with Crippen molar-refractivity contribution in [2.24, 2.45) is 20.0 Å². The molecule has 0 radical (unpaired) electrons. The van der Waals surface area contributed by atoms with E-state index < -0.39 is 5.66 Å². The molecule has 0 bridgehead atoms. The van der Waals surface area contributed by atoms with E-state index in [0.717, 1.165) is 5.56 Å². The predicted octanol–water partition coefficient (Wildman–Crippen LogP) is 2.81. The molecule has 8 nitrogen and oxygen atoms in total. The maximum absolute atomic E-state index is 10.9. The lowest BCUT2D eigenvalue weighted by Gasteiger charge is -2.29. The normalized spacial score (nSPS) is 18.2. The molecule has 1 aromatic carbocycles. The monoisotopic (exact) mass is 362 g/mol. The minimum atomic E-state index is -1.49. The molecule has 0 spiro atoms. The van der Waals surface area contributed by atoms with Crippen LogP contribution in [-0.4, -0.2) is 30.0 Å². The zero-order chi connectivity index (χ0) is 19.9. The van der Waals surface area contributed by atoms with E-state index in [9.17, 15) is 19.2 Å². The van der Waals surface area contributed by atoms with Crippen LogP contribution >= 0.6 is 0 Å². The molecule has 1 aromatic rings. The Balaban J connectivity index is 2.62. The van der Waals surface area contributed by atoms with Gasteiger partial charge in [-0.2, -0.15) is 20.0 Å². The van der Waals surface area contributed by atoms with Gasteiger partial charge < -0.3 is 0 Å². The Hall–Kier alpha value is -3.78. The van der Waals surface area contributed by atoms with Crippen LogP contribution in [0.5, 0.6) is 0 Å². The summed E-state index contributed by atoms with van der Waals surface area (Å²) in [5.41, 5.74) is 1.82. The maximum Gasteiger partial charge on any atom is 0.240 e. The van der Waals surface area contributed by atoms with Crippen molar-refractivity contribution in [3.05, 3.63) is 52.2 Å². The summed E-state index contributed by atoms with van der Waals surface area (Å²) in [4.78, 5) is 58.0. The van der Waals surface area contributed by atoms with Crippen LogP contribution in [0.3, 0.4) is 0 Å². The standard InChI is InChI=1S/C19H14N4O4/c1-13-3-4-15(17(5-13)20-9-24)7-16-8-19(22-11-26,23-12-27)14(2)6-18(16)21-10-25/h3-6H,7-8H2,1-2H3. The Bertz CT molecular complexity index is 1010. The lowest BCUT2D eigenvalue weighted by Crippen LogP contribution is -2.29. The third kappa shape index (κ3) is 4.25. The van der Waals surface area contributed by atoms with Crippen LogP contribution in [0.25, 0.3) is 0 Å². The topological polar surface area (TPSA) is 118 Å². The summed E-state index contributed by atoms with van der Waals surface area (Å²) < 4.78 is 0. The lowest BCUT2D eigenvalue weighted by atomic mass is 9.84. The number of hydrogen-bond acceptors (Lipinski definition) is 8. The Morgan fingerprint density at radius 1 is 0.963 bits per heavy atom. The molecule has 0 fully saturated rings. The van der Waals surface area contributed by atoms with Crippen molar-refractivity contribution < 1.29 is 19.2 Å². The second-order valence-electron chi connectivity index (χ2n) is 5.93. The highest BCUT2D eigenvalue weighted by Crippen LogP contribution is 2.39. The van der Waals surface area contributed by atoms with Gasteiger partial charge in [-0.1, -0.05) is 12.1 Å². The molecule has 8 heteroatoms. The van der Waals surface area contributed by atoms with E-state index in [1.165, 1.54) is 30.4 Å². The van der Waals surface area contributed by atoms with Gasteiger partial charge in [0.25, 0.3) is 0 Å². The number of isocyanates is 4. The van der Waals surface area contributed by atoms with Gasteiger partial charge in [-0.3, -0.25) is 0 Å². The maximum atomic E-state index is 10.9. The van der Waals surface area contributed by atoms with Gasteiger partial charge in [0.1, 0.15) is 0 Å². The van der Waals surface area contributed by atoms with Gasteiger partial charge in [0.2, 0.25) is 24.3 Å². The quantitative estimate of drug-likeness (QED) is 0.571. The number of hydrogen-bond donors (Lipinski definition) is 0. The first-order valence-corrected chi connectivity index (χ1v) is 7.83. The molecule has 1 aliphatic rings. The van der Waals surface area contributed by atoms with Gasteiger partial charge in [0.15, 0.2) is 5.66 Å². The molecule has 0 heterocycles. The van der Waals surface area contributed by atoms with Gasteiger partial charge in [-0.25, -0.2) is 19.2 Å². The summed E-state index contributed by atoms with van der Waals surface area (Å²) in [6.07, 6.45) is 7.59. The minimum absolute atomic E-state index is 0.0123. The summed E-state index contributed by atoms with van der Waals surface area (Å²) in [5.74, 6) is 0. The Morgan fingerprint density at radius 3 is 2.22 bits per heavy atom. The molecule has 27 heavy (non-hydrogen) atoms. The molecular formula is C19H14N4O4. The summed E-state index contributed by atoms with van der Waals surface area (Å²) in [7, 11) is 0. The highest BCUT2D eigenvalue weighted by molar-refractivity contribution is 5.58. The van der Waals surface area contributed by atoms with Gasteiger partial charge >= 0.3 is 0 Å². The van der Waals surface area contributed by atoms with E-state index in [1.807, 2.05) is 13.0 Å². The number of allylic oxidation sites excluding steroid dienone is 1. The Morgan fingerprint density at radius 2 is 1.63 bits per heavy atom. The van der Waals surface area contributed by atoms with Crippen molar-refractivity contribution in [2.75, 3.05) is 0 Å². The van der Waals surface area contributed by atoms with Crippen LogP contribution in [0.4, 0.5) is 5.69 Å². The van der Waals surface area contributed by atoms with E-state index >= 15 is 0 Å². The van der Waals surface area contributed by atoms with E-state index in [4.69, 9.17) is 0 Å². The third-order valence-corrected chi connectivity index (χ3v) is 4.24. The van der Waals surface area contributed by atoms with E-state index in [0.29, 0.717) is 28.1 Å². The molecule has 0 aliphatic heterocycles. The number of rotatable bonds is 6. The van der Waals surface area contributed by atoms with Gasteiger partial charge in [0, 0.05) is 6.42 Å². The zero-order valence-electron chi connectivity index (χ0n) is 14.6. The van der Waals surface area contributed by atoms with Crippen LogP contribution in [0, 0.1) is 6.92 Å². The minimum Gasteiger partial charge on any atom is -0.211 e. The lowest BCUT2D eigenvalue weighted by molar-refractivity contribution is 0.480. The second-order valence-corrected chi connectivity index (χ2v) is 5.93. The molecule has 134 valence electrons. The summed E-state index contributed by atoms with van der Waals surface area (Å²) in [5, 5.41) is 0. The van der Waals surface area contributed by atoms with Crippen LogP contribution in [0.15, 0.2) is 61.1 Å². The molecule has 0 unspecified atom stereocenters. The van der Waals surface area contributed by atoms with E-state index in [2.05, 4.69) is 20.0 Å². The van der Waals surface area contributed by atoms with Crippen LogP contribution in [0.2, 0.25) is 0 Å². The van der Waals surface area contributed by atoms with Gasteiger partial charge in [0.05, 0.1) is 11.4 Å². The molecule has 1 aliphatic carbocycles. The molecule has 0 amide bonds. The Kier molecular flexibility index (Phi) is 6.18. The van der Waals surface area contributed by atoms with Crippen molar-refractivity contribution in [1.82, 2.24) is 0 Å². The number of aliphatic imine (C=N–C) groups is 4. The molecule has 0 atom stereocenters. The molecule has 2 rings (SSSR count). The molecular weight excluding hydrogens is 348 g/mol. The smallest absolute Gasteiger partial charge is 0.211 e. The average Bonchev–Trinajstić information content (AvgIpc) is 2.62. The first-order chi connectivity index (χ1) is 13.0. The van der Waals surface area contributed by atoms with Gasteiger partial charge in [-0.05, 0) is 54.7 Å². The fraction of sp³-hybridized carbons (Fsp3) is 0.263. The van der Waals surface area contributed by atoms with Gasteiger partial charge in [-0.15, -0.1) is 0 Å². The summed E-state index contributed by atoms with van der Waals surface area (Å²) >= 11 is 0. The SMILES string of the molecule is CC1=CC(N=C=O)=C(Cc2ccc(C)cc2N=C=O)CC1(N=C=O)N=C=O. The third-order valence-electron chi connectivity index (χ3n) is 4.24. The summed E-state index contributed by atoms with van der Waals surface area (Å²) in [6.45, 7) is 3.46. The number of carbonyl (C=O) groups excluding carboxylic acids is 4. The largest absolute Gasteiger partial charge is 0.240 e. The van der Waals surface area contributed by atoms with Crippen molar-refractivity contribution in [3.63, 3.8) is 0 Å². The van der Waals surface area contributed by atoms with Crippen LogP contribution in [-0.2, 0) is 25.6 Å². The molecule has 0 saturated carbocycles. The Labute approximate surface area is 154 Å². The number of nitrogens with zero attached hydrogens (tertiary/aromatic N) is 4. The average molecular weight is 362 g/mol. The van der Waals surface area contributed by atoms with Crippen molar-refractivity contribution in [3.8, 4) is 0 Å². The highest BCUT2D eigenvalue weighted by Gasteiger charge is 2.37. The fourth-order valence-electron chi connectivity index (χ4n) is 2.90. The zero-order valence-corrected chi connectivity index (χ0v) is 14.6. The van der Waals surface area contributed by atoms with E-state index in [1.54, 1.807) is 19.1 Å². The number of aryl methyl sites for hydroxylation is 1. The highest BCUT2D eigenvalue weighted by atomic mass is 16.1. The molecule has 0 N–H and O–H groups in total. The van der Waals surface area contributed by atoms with Crippen molar-refractivity contribution in [1.29, 1.82) is 0 Å². The molecule has 0 saturated heterocycles. The van der Waals surface area contributed by atoms with Crippen molar-refractivity contribution >= 4 is 30.0 Å². The predicted molar refractivity (Wildman–Crippen MR) is 95.2 cm³/mol. The first kappa shape index (κ1) is 19.5. The van der Waals surface area contributed by atoms with Crippen molar-refractivity contribution in [2.45, 2.75) is 32.4 Å². The fourth-order valence-corrected chi connectivity index (χ4v) is 2.90. The summed E-state index contributed by atoms with van der Waals surface area (Å²) in [6, 6.07) is 5.33. The van der Waals surface area contributed by atoms with Crippen LogP contribution in [0.1, 0.15) is 24.5 Å². The first-order valence-electron chi connectivity index (χ1n) is 7.83. The molecule has 0 aromatic heterocycles. The van der Waals surface area contributed by atoms with Crippen LogP contribution < -0.4 is 0 Å². The number of benzene rings is 1. The van der Waals surface area contributed by atoms with E-state index in [-0.39, 0.29) is 12.8 Å². The second kappa shape index (κ2) is 8.54.